The van der Waals surface area contributed by atoms with E-state index in [1.54, 1.807) is 18.2 Å². The predicted molar refractivity (Wildman–Crippen MR) is 77.3 cm³/mol. The second kappa shape index (κ2) is 7.37. The Labute approximate surface area is 124 Å². The monoisotopic (exact) mass is 344 g/mol. The summed E-state index contributed by atoms with van der Waals surface area (Å²) < 4.78 is 0.796. The minimum Gasteiger partial charge on any atom is -0.481 e. The van der Waals surface area contributed by atoms with Crippen LogP contribution in [0.1, 0.15) is 24.3 Å². The zero-order valence-corrected chi connectivity index (χ0v) is 12.3. The van der Waals surface area contributed by atoms with Crippen molar-refractivity contribution in [1.29, 1.82) is 0 Å². The molecule has 0 aliphatic rings. The van der Waals surface area contributed by atoms with E-state index in [1.807, 2.05) is 6.07 Å². The van der Waals surface area contributed by atoms with Gasteiger partial charge in [-0.15, -0.1) is 0 Å². The Morgan fingerprint density at radius 2 is 1.60 bits per heavy atom. The fraction of sp³-hybridized carbons (Fsp3) is 0.385. The van der Waals surface area contributed by atoms with Gasteiger partial charge in [0.05, 0.1) is 12.8 Å². The van der Waals surface area contributed by atoms with E-state index in [0.29, 0.717) is 0 Å². The summed E-state index contributed by atoms with van der Waals surface area (Å²) in [6, 6.07) is 5.61. The number of benzene rings is 1. The first-order valence-corrected chi connectivity index (χ1v) is 6.80. The Kier molecular flexibility index (Phi) is 6.12. The number of halogens is 1. The maximum Gasteiger partial charge on any atom is 0.304 e. The van der Waals surface area contributed by atoms with Gasteiger partial charge in [-0.3, -0.25) is 9.59 Å². The molecular formula is C13H17BrN2O4. The molecule has 6 nitrogen and oxygen atoms in total. The summed E-state index contributed by atoms with van der Waals surface area (Å²) in [6.45, 7) is 0. The number of aliphatic carboxylic acids is 2. The molecule has 0 heterocycles. The van der Waals surface area contributed by atoms with Gasteiger partial charge in [-0.25, -0.2) is 0 Å². The largest absolute Gasteiger partial charge is 0.481 e. The van der Waals surface area contributed by atoms with Gasteiger partial charge in [0.1, 0.15) is 0 Å². The molecule has 0 bridgehead atoms. The first-order valence-electron chi connectivity index (χ1n) is 6.01. The van der Waals surface area contributed by atoms with Crippen LogP contribution < -0.4 is 11.5 Å². The Morgan fingerprint density at radius 3 is 2.00 bits per heavy atom. The third-order valence-electron chi connectivity index (χ3n) is 2.98. The molecule has 7 heteroatoms. The van der Waals surface area contributed by atoms with Crippen LogP contribution in [0.5, 0.6) is 0 Å². The highest BCUT2D eigenvalue weighted by Crippen LogP contribution is 2.27. The Balaban J connectivity index is 3.05. The molecular weight excluding hydrogens is 328 g/mol. The molecule has 0 aromatic heterocycles. The Morgan fingerprint density at radius 1 is 1.10 bits per heavy atom. The number of carbonyl (C=O) groups is 2. The van der Waals surface area contributed by atoms with E-state index in [0.717, 1.165) is 10.0 Å². The number of hydrogen-bond acceptors (Lipinski definition) is 4. The van der Waals surface area contributed by atoms with Gasteiger partial charge in [-0.1, -0.05) is 28.1 Å². The maximum absolute atomic E-state index is 10.8. The third-order valence-corrected chi connectivity index (χ3v) is 3.47. The van der Waals surface area contributed by atoms with E-state index in [9.17, 15) is 9.59 Å². The van der Waals surface area contributed by atoms with Crippen molar-refractivity contribution in [3.05, 3.63) is 34.3 Å². The molecule has 2 atom stereocenters. The molecule has 2 unspecified atom stereocenters. The molecule has 1 rings (SSSR count). The van der Waals surface area contributed by atoms with Gasteiger partial charge < -0.3 is 21.7 Å². The molecule has 1 aromatic carbocycles. The lowest BCUT2D eigenvalue weighted by molar-refractivity contribution is -0.137. The SMILES string of the molecule is NC(CC(=O)O)C(c1cccc(Br)c1)C(N)CC(=O)O. The molecule has 20 heavy (non-hydrogen) atoms. The number of carboxylic acids is 2. The van der Waals surface area contributed by atoms with Gasteiger partial charge in [-0.05, 0) is 17.7 Å². The maximum atomic E-state index is 10.8. The molecule has 0 radical (unpaired) electrons. The smallest absolute Gasteiger partial charge is 0.304 e. The summed E-state index contributed by atoms with van der Waals surface area (Å²) in [6.07, 6.45) is -0.547. The second-order valence-electron chi connectivity index (χ2n) is 4.60. The molecule has 0 aliphatic carbocycles. The van der Waals surface area contributed by atoms with Crippen LogP contribution in [0.25, 0.3) is 0 Å². The number of hydrogen-bond donors (Lipinski definition) is 4. The van der Waals surface area contributed by atoms with Crippen LogP contribution in [0.3, 0.4) is 0 Å². The molecule has 110 valence electrons. The van der Waals surface area contributed by atoms with Gasteiger partial charge in [0, 0.05) is 22.5 Å². The summed E-state index contributed by atoms with van der Waals surface area (Å²) in [7, 11) is 0. The highest BCUT2D eigenvalue weighted by Gasteiger charge is 2.29. The van der Waals surface area contributed by atoms with E-state index >= 15 is 0 Å². The predicted octanol–water partition coefficient (Wildman–Crippen LogP) is 1.14. The molecule has 1 aromatic rings. The third kappa shape index (κ3) is 4.92. The Bertz CT molecular complexity index is 473. The van der Waals surface area contributed by atoms with Crippen molar-refractivity contribution < 1.29 is 19.8 Å². The van der Waals surface area contributed by atoms with Crippen molar-refractivity contribution in [2.45, 2.75) is 30.8 Å². The van der Waals surface area contributed by atoms with E-state index in [-0.39, 0.29) is 12.8 Å². The van der Waals surface area contributed by atoms with E-state index in [4.69, 9.17) is 21.7 Å². The van der Waals surface area contributed by atoms with Crippen LogP contribution in [-0.4, -0.2) is 34.2 Å². The molecule has 0 aliphatic heterocycles. The average molecular weight is 345 g/mol. The zero-order chi connectivity index (χ0) is 15.3. The van der Waals surface area contributed by atoms with Crippen molar-refractivity contribution in [3.63, 3.8) is 0 Å². The van der Waals surface area contributed by atoms with Gasteiger partial charge >= 0.3 is 11.9 Å². The molecule has 0 saturated heterocycles. The summed E-state index contributed by atoms with van der Waals surface area (Å²) in [5.41, 5.74) is 12.5. The van der Waals surface area contributed by atoms with Crippen LogP contribution in [0, 0.1) is 0 Å². The average Bonchev–Trinajstić information content (AvgIpc) is 2.26. The van der Waals surface area contributed by atoms with Crippen molar-refractivity contribution >= 4 is 27.9 Å². The minimum atomic E-state index is -1.04. The lowest BCUT2D eigenvalue weighted by Crippen LogP contribution is -2.43. The van der Waals surface area contributed by atoms with Crippen molar-refractivity contribution in [3.8, 4) is 0 Å². The highest BCUT2D eigenvalue weighted by molar-refractivity contribution is 9.10. The van der Waals surface area contributed by atoms with E-state index in [1.165, 1.54) is 0 Å². The normalized spacial score (nSPS) is 15.3. The zero-order valence-electron chi connectivity index (χ0n) is 10.7. The topological polar surface area (TPSA) is 127 Å². The molecule has 0 spiro atoms. The Hall–Kier alpha value is -1.44. The van der Waals surface area contributed by atoms with Gasteiger partial charge in [-0.2, -0.15) is 0 Å². The molecule has 0 saturated carbocycles. The number of nitrogens with two attached hydrogens (primary N) is 2. The first kappa shape index (κ1) is 16.6. The van der Waals surface area contributed by atoms with Crippen LogP contribution in [0.2, 0.25) is 0 Å². The van der Waals surface area contributed by atoms with Crippen LogP contribution >= 0.6 is 15.9 Å². The number of rotatable bonds is 7. The van der Waals surface area contributed by atoms with Crippen LogP contribution in [0.15, 0.2) is 28.7 Å². The summed E-state index contributed by atoms with van der Waals surface area (Å²) >= 11 is 3.32. The molecule has 0 fully saturated rings. The molecule has 6 N–H and O–H groups in total. The highest BCUT2D eigenvalue weighted by atomic mass is 79.9. The van der Waals surface area contributed by atoms with E-state index in [2.05, 4.69) is 15.9 Å². The summed E-state index contributed by atoms with van der Waals surface area (Å²) in [4.78, 5) is 21.6. The van der Waals surface area contributed by atoms with Gasteiger partial charge in [0.25, 0.3) is 0 Å². The molecule has 0 amide bonds. The lowest BCUT2D eigenvalue weighted by Gasteiger charge is -2.28. The first-order chi connectivity index (χ1) is 9.31. The van der Waals surface area contributed by atoms with Gasteiger partial charge in [0.15, 0.2) is 0 Å². The number of carboxylic acid groups (broad SMARTS) is 2. The van der Waals surface area contributed by atoms with Crippen molar-refractivity contribution in [1.82, 2.24) is 0 Å². The van der Waals surface area contributed by atoms with Crippen LogP contribution in [0.4, 0.5) is 0 Å². The summed E-state index contributed by atoms with van der Waals surface area (Å²) in [5.74, 6) is -2.63. The van der Waals surface area contributed by atoms with E-state index < -0.39 is 29.9 Å². The van der Waals surface area contributed by atoms with Gasteiger partial charge in [0.2, 0.25) is 0 Å². The summed E-state index contributed by atoms with van der Waals surface area (Å²) in [5, 5.41) is 17.7. The van der Waals surface area contributed by atoms with Crippen LogP contribution in [-0.2, 0) is 9.59 Å². The fourth-order valence-electron chi connectivity index (χ4n) is 2.18. The lowest BCUT2D eigenvalue weighted by atomic mass is 9.83. The minimum absolute atomic E-state index is 0.273. The fourth-order valence-corrected chi connectivity index (χ4v) is 2.60. The van der Waals surface area contributed by atoms with Crippen molar-refractivity contribution in [2.24, 2.45) is 11.5 Å². The van der Waals surface area contributed by atoms with Crippen molar-refractivity contribution in [2.75, 3.05) is 0 Å². The standard InChI is InChI=1S/C13H17BrN2O4/c14-8-3-1-2-7(4-8)13(9(15)5-11(17)18)10(16)6-12(19)20/h1-4,9-10,13H,5-6,15-16H2,(H,17,18)(H,19,20). The quantitative estimate of drug-likeness (QED) is 0.587. The second-order valence-corrected chi connectivity index (χ2v) is 5.52.